The second kappa shape index (κ2) is 7.78. The molecule has 0 aliphatic heterocycles. The Kier molecular flexibility index (Phi) is 6.36. The van der Waals surface area contributed by atoms with E-state index in [1.807, 2.05) is 0 Å². The number of nitrogens with one attached hydrogen (secondary N) is 1. The fourth-order valence-corrected chi connectivity index (χ4v) is 2.74. The second-order valence-corrected chi connectivity index (χ2v) is 5.79. The molecule has 0 fully saturated rings. The van der Waals surface area contributed by atoms with Crippen molar-refractivity contribution in [2.75, 3.05) is 13.1 Å². The van der Waals surface area contributed by atoms with Crippen LogP contribution in [-0.2, 0) is 16.8 Å². The number of rotatable bonds is 8. The number of hydrogen-bond acceptors (Lipinski definition) is 5. The van der Waals surface area contributed by atoms with Crippen LogP contribution in [-0.4, -0.2) is 41.8 Å². The Balaban J connectivity index is 2.84. The second-order valence-electron chi connectivity index (χ2n) is 4.04. The lowest BCUT2D eigenvalue weighted by atomic mass is 10.3. The predicted octanol–water partition coefficient (Wildman–Crippen LogP) is -0.126. The molecule has 1 rings (SSSR count). The average molecular weight is 301 g/mol. The van der Waals surface area contributed by atoms with Crippen LogP contribution < -0.4 is 10.5 Å². The van der Waals surface area contributed by atoms with Gasteiger partial charge < -0.3 is 10.9 Å². The molecule has 9 heteroatoms. The van der Waals surface area contributed by atoms with Crippen molar-refractivity contribution in [1.82, 2.24) is 14.0 Å². The molecule has 20 heavy (non-hydrogen) atoms. The standard InChI is InChI=1S/C11H19N5O3S/c1-2-14-20(18,19)16(7-5-11(12)15-17)9-10-4-3-6-13-8-10/h3-4,6,8,14,17H,2,5,7,9H2,1H3,(H2,12,15). The number of pyridine rings is 1. The van der Waals surface area contributed by atoms with Gasteiger partial charge in [-0.25, -0.2) is 4.72 Å². The van der Waals surface area contributed by atoms with Crippen molar-refractivity contribution in [3.63, 3.8) is 0 Å². The molecule has 0 aliphatic rings. The number of hydrogen-bond donors (Lipinski definition) is 3. The number of oxime groups is 1. The molecule has 0 saturated heterocycles. The Bertz CT molecular complexity index is 532. The summed E-state index contributed by atoms with van der Waals surface area (Å²) in [4.78, 5) is 3.95. The van der Waals surface area contributed by atoms with Gasteiger partial charge in [0, 0.05) is 38.4 Å². The third-order valence-electron chi connectivity index (χ3n) is 2.49. The summed E-state index contributed by atoms with van der Waals surface area (Å²) in [6, 6.07) is 3.52. The minimum atomic E-state index is -3.61. The Labute approximate surface area is 118 Å². The molecule has 0 aliphatic carbocycles. The monoisotopic (exact) mass is 301 g/mol. The molecule has 4 N–H and O–H groups in total. The van der Waals surface area contributed by atoms with Gasteiger partial charge in [-0.15, -0.1) is 0 Å². The Morgan fingerprint density at radius 3 is 2.90 bits per heavy atom. The fourth-order valence-electron chi connectivity index (χ4n) is 1.54. The molecule has 0 spiro atoms. The first-order valence-electron chi connectivity index (χ1n) is 6.09. The van der Waals surface area contributed by atoms with Gasteiger partial charge >= 0.3 is 0 Å². The number of nitrogens with zero attached hydrogens (tertiary/aromatic N) is 3. The largest absolute Gasteiger partial charge is 0.409 e. The molecule has 1 aromatic rings. The summed E-state index contributed by atoms with van der Waals surface area (Å²) in [6.45, 7) is 2.26. The van der Waals surface area contributed by atoms with E-state index in [-0.39, 0.29) is 31.9 Å². The van der Waals surface area contributed by atoms with Crippen LogP contribution in [0.3, 0.4) is 0 Å². The maximum atomic E-state index is 12.1. The van der Waals surface area contributed by atoms with E-state index in [1.165, 1.54) is 4.31 Å². The quantitative estimate of drug-likeness (QED) is 0.267. The van der Waals surface area contributed by atoms with Crippen molar-refractivity contribution in [3.05, 3.63) is 30.1 Å². The van der Waals surface area contributed by atoms with E-state index in [0.717, 1.165) is 5.56 Å². The van der Waals surface area contributed by atoms with E-state index in [2.05, 4.69) is 14.9 Å². The molecule has 8 nitrogen and oxygen atoms in total. The average Bonchev–Trinajstić information content (AvgIpc) is 2.43. The summed E-state index contributed by atoms with van der Waals surface area (Å²) in [7, 11) is -3.61. The third-order valence-corrected chi connectivity index (χ3v) is 4.14. The highest BCUT2D eigenvalue weighted by Crippen LogP contribution is 2.08. The molecule has 0 atom stereocenters. The van der Waals surface area contributed by atoms with E-state index in [1.54, 1.807) is 31.5 Å². The zero-order valence-electron chi connectivity index (χ0n) is 11.2. The van der Waals surface area contributed by atoms with Gasteiger partial charge in [0.25, 0.3) is 10.2 Å². The van der Waals surface area contributed by atoms with Crippen LogP contribution in [0.25, 0.3) is 0 Å². The molecule has 0 aromatic carbocycles. The number of aromatic nitrogens is 1. The highest BCUT2D eigenvalue weighted by Gasteiger charge is 2.21. The van der Waals surface area contributed by atoms with Crippen molar-refractivity contribution in [2.45, 2.75) is 19.9 Å². The van der Waals surface area contributed by atoms with Crippen LogP contribution in [0.4, 0.5) is 0 Å². The van der Waals surface area contributed by atoms with Crippen molar-refractivity contribution >= 4 is 16.0 Å². The Morgan fingerprint density at radius 2 is 2.35 bits per heavy atom. The SMILES string of the molecule is CCNS(=O)(=O)N(CC/C(N)=N/O)Cc1cccnc1. The van der Waals surface area contributed by atoms with Gasteiger partial charge in [0.05, 0.1) is 0 Å². The smallest absolute Gasteiger partial charge is 0.279 e. The molecule has 1 aromatic heterocycles. The summed E-state index contributed by atoms with van der Waals surface area (Å²) < 4.78 is 27.8. The van der Waals surface area contributed by atoms with Crippen LogP contribution in [0.15, 0.2) is 29.7 Å². The normalized spacial score (nSPS) is 12.8. The van der Waals surface area contributed by atoms with Crippen molar-refractivity contribution in [1.29, 1.82) is 0 Å². The summed E-state index contributed by atoms with van der Waals surface area (Å²) in [5.74, 6) is -0.0205. The van der Waals surface area contributed by atoms with Crippen LogP contribution in [0.2, 0.25) is 0 Å². The lowest BCUT2D eigenvalue weighted by molar-refractivity contribution is 0.315. The molecule has 0 radical (unpaired) electrons. The van der Waals surface area contributed by atoms with E-state index in [4.69, 9.17) is 10.9 Å². The lowest BCUT2D eigenvalue weighted by Crippen LogP contribution is -2.41. The highest BCUT2D eigenvalue weighted by atomic mass is 32.2. The molecule has 0 unspecified atom stereocenters. The Morgan fingerprint density at radius 1 is 1.60 bits per heavy atom. The first-order chi connectivity index (χ1) is 9.49. The van der Waals surface area contributed by atoms with Crippen LogP contribution in [0, 0.1) is 0 Å². The molecule has 0 amide bonds. The zero-order valence-corrected chi connectivity index (χ0v) is 12.0. The topological polar surface area (TPSA) is 121 Å². The van der Waals surface area contributed by atoms with Gasteiger partial charge in [-0.1, -0.05) is 18.1 Å². The van der Waals surface area contributed by atoms with Crippen LogP contribution >= 0.6 is 0 Å². The Hall–Kier alpha value is -1.71. The molecule has 0 bridgehead atoms. The predicted molar refractivity (Wildman–Crippen MR) is 75.3 cm³/mol. The molecular formula is C11H19N5O3S. The van der Waals surface area contributed by atoms with Gasteiger partial charge in [-0.3, -0.25) is 4.98 Å². The van der Waals surface area contributed by atoms with Crippen molar-refractivity contribution < 1.29 is 13.6 Å². The van der Waals surface area contributed by atoms with Gasteiger partial charge in [0.15, 0.2) is 0 Å². The minimum Gasteiger partial charge on any atom is -0.409 e. The van der Waals surface area contributed by atoms with Crippen molar-refractivity contribution in [3.8, 4) is 0 Å². The van der Waals surface area contributed by atoms with E-state index < -0.39 is 10.2 Å². The van der Waals surface area contributed by atoms with Gasteiger partial charge in [-0.2, -0.15) is 12.7 Å². The van der Waals surface area contributed by atoms with Crippen molar-refractivity contribution in [2.24, 2.45) is 10.9 Å². The van der Waals surface area contributed by atoms with Crippen LogP contribution in [0.5, 0.6) is 0 Å². The summed E-state index contributed by atoms with van der Waals surface area (Å²) >= 11 is 0. The summed E-state index contributed by atoms with van der Waals surface area (Å²) in [5.41, 5.74) is 6.14. The molecule has 112 valence electrons. The molecule has 0 saturated carbocycles. The van der Waals surface area contributed by atoms with Gasteiger partial charge in [0.1, 0.15) is 5.84 Å². The first kappa shape index (κ1) is 16.3. The maximum Gasteiger partial charge on any atom is 0.279 e. The number of nitrogens with two attached hydrogens (primary N) is 1. The van der Waals surface area contributed by atoms with E-state index in [9.17, 15) is 8.42 Å². The minimum absolute atomic E-state index is 0.0205. The maximum absolute atomic E-state index is 12.1. The van der Waals surface area contributed by atoms with Crippen LogP contribution in [0.1, 0.15) is 18.9 Å². The van der Waals surface area contributed by atoms with Gasteiger partial charge in [0.2, 0.25) is 0 Å². The van der Waals surface area contributed by atoms with Gasteiger partial charge in [-0.05, 0) is 11.6 Å². The van der Waals surface area contributed by atoms with E-state index >= 15 is 0 Å². The molecule has 1 heterocycles. The summed E-state index contributed by atoms with van der Waals surface area (Å²) in [5, 5.41) is 11.3. The fraction of sp³-hybridized carbons (Fsp3) is 0.455. The zero-order chi connectivity index (χ0) is 15.0. The number of amidine groups is 1. The first-order valence-corrected chi connectivity index (χ1v) is 7.53. The van der Waals surface area contributed by atoms with E-state index in [0.29, 0.717) is 0 Å². The third kappa shape index (κ3) is 5.11. The molecular weight excluding hydrogens is 282 g/mol. The summed E-state index contributed by atoms with van der Waals surface area (Å²) in [6.07, 6.45) is 3.35. The highest BCUT2D eigenvalue weighted by molar-refractivity contribution is 7.87. The lowest BCUT2D eigenvalue weighted by Gasteiger charge is -2.21.